The number of methoxy groups -OCH3 is 1. The first kappa shape index (κ1) is 16.6. The molecule has 5 heteroatoms. The second kappa shape index (κ2) is 7.94. The first-order chi connectivity index (χ1) is 9.51. The summed E-state index contributed by atoms with van der Waals surface area (Å²) < 4.78 is 4.77. The fraction of sp³-hybridized carbons (Fsp3) is 0.467. The molecule has 0 spiro atoms. The third-order valence-corrected chi connectivity index (χ3v) is 3.93. The number of thioether (sulfide) groups is 1. The average molecular weight is 295 g/mol. The van der Waals surface area contributed by atoms with Gasteiger partial charge < -0.3 is 10.1 Å². The number of ether oxygens (including phenoxy) is 1. The van der Waals surface area contributed by atoms with Crippen molar-refractivity contribution >= 4 is 23.6 Å². The number of carbonyl (C=O) groups is 2. The molecule has 1 N–H and O–H groups in total. The largest absolute Gasteiger partial charge is 0.467 e. The third-order valence-electron chi connectivity index (χ3n) is 2.91. The van der Waals surface area contributed by atoms with Gasteiger partial charge in [0.05, 0.1) is 12.9 Å². The van der Waals surface area contributed by atoms with E-state index in [-0.39, 0.29) is 11.7 Å². The van der Waals surface area contributed by atoms with Crippen LogP contribution < -0.4 is 5.32 Å². The highest BCUT2D eigenvalue weighted by Crippen LogP contribution is 2.18. The molecule has 0 heterocycles. The number of carbonyl (C=O) groups excluding carboxylic acids is 2. The van der Waals surface area contributed by atoms with Gasteiger partial charge in [-0.1, -0.05) is 31.5 Å². The lowest BCUT2D eigenvalue weighted by molar-refractivity contribution is -0.150. The molecule has 0 saturated heterocycles. The number of benzene rings is 1. The molecule has 0 aliphatic rings. The smallest absolute Gasteiger partial charge is 0.331 e. The van der Waals surface area contributed by atoms with Gasteiger partial charge in [-0.05, 0) is 25.5 Å². The van der Waals surface area contributed by atoms with E-state index in [1.807, 2.05) is 37.3 Å². The van der Waals surface area contributed by atoms with Gasteiger partial charge in [0.2, 0.25) is 5.91 Å². The fourth-order valence-electron chi connectivity index (χ4n) is 1.95. The molecule has 1 amide bonds. The summed E-state index contributed by atoms with van der Waals surface area (Å²) in [5.41, 5.74) is -0.947. The van der Waals surface area contributed by atoms with E-state index >= 15 is 0 Å². The molecule has 1 aromatic carbocycles. The minimum absolute atomic E-state index is 0.166. The van der Waals surface area contributed by atoms with E-state index in [1.54, 1.807) is 6.92 Å². The van der Waals surface area contributed by atoms with Gasteiger partial charge in [0.15, 0.2) is 0 Å². The molecule has 0 aromatic heterocycles. The minimum atomic E-state index is -0.947. The summed E-state index contributed by atoms with van der Waals surface area (Å²) in [5.74, 6) is -0.294. The monoisotopic (exact) mass is 295 g/mol. The predicted molar refractivity (Wildman–Crippen MR) is 80.6 cm³/mol. The van der Waals surface area contributed by atoms with Crippen molar-refractivity contribution in [1.29, 1.82) is 0 Å². The molecule has 4 nitrogen and oxygen atoms in total. The Hall–Kier alpha value is -1.49. The molecule has 1 rings (SSSR count). The first-order valence-electron chi connectivity index (χ1n) is 6.59. The van der Waals surface area contributed by atoms with Crippen LogP contribution in [0.3, 0.4) is 0 Å². The van der Waals surface area contributed by atoms with Crippen molar-refractivity contribution in [1.82, 2.24) is 5.32 Å². The van der Waals surface area contributed by atoms with E-state index in [0.717, 1.165) is 11.3 Å². The van der Waals surface area contributed by atoms with E-state index in [1.165, 1.54) is 18.9 Å². The summed E-state index contributed by atoms with van der Waals surface area (Å²) in [6.07, 6.45) is 1.35. The molecule has 0 fully saturated rings. The number of hydrogen-bond donors (Lipinski definition) is 1. The number of nitrogens with one attached hydrogen (secondary N) is 1. The fourth-order valence-corrected chi connectivity index (χ4v) is 2.67. The van der Waals surface area contributed by atoms with Crippen LogP contribution in [0.25, 0.3) is 0 Å². The molecular formula is C15H21NO3S. The first-order valence-corrected chi connectivity index (χ1v) is 7.57. The lowest BCUT2D eigenvalue weighted by Gasteiger charge is -2.27. The average Bonchev–Trinajstić information content (AvgIpc) is 2.45. The van der Waals surface area contributed by atoms with Crippen LogP contribution in [-0.4, -0.2) is 30.3 Å². The van der Waals surface area contributed by atoms with Crippen LogP contribution in [0.5, 0.6) is 0 Å². The molecule has 20 heavy (non-hydrogen) atoms. The van der Waals surface area contributed by atoms with Crippen LogP contribution in [0.4, 0.5) is 0 Å². The maximum atomic E-state index is 12.0. The molecule has 0 radical (unpaired) electrons. The zero-order valence-electron chi connectivity index (χ0n) is 12.1. The van der Waals surface area contributed by atoms with Gasteiger partial charge in [-0.3, -0.25) is 4.79 Å². The van der Waals surface area contributed by atoms with Crippen molar-refractivity contribution in [2.24, 2.45) is 0 Å². The van der Waals surface area contributed by atoms with Crippen LogP contribution in [0.2, 0.25) is 0 Å². The lowest BCUT2D eigenvalue weighted by atomic mass is 9.96. The number of hydrogen-bond acceptors (Lipinski definition) is 4. The topological polar surface area (TPSA) is 55.4 Å². The highest BCUT2D eigenvalue weighted by molar-refractivity contribution is 8.00. The standard InChI is InChI=1S/C15H21NO3S/c1-4-10-15(2,14(18)19-3)16-13(17)11-20-12-8-6-5-7-9-12/h5-9H,4,10-11H2,1-3H3,(H,16,17). The van der Waals surface area contributed by atoms with Crippen LogP contribution in [0.15, 0.2) is 35.2 Å². The Morgan fingerprint density at radius 2 is 1.95 bits per heavy atom. The number of esters is 1. The van der Waals surface area contributed by atoms with E-state index in [2.05, 4.69) is 5.32 Å². The van der Waals surface area contributed by atoms with E-state index in [4.69, 9.17) is 4.74 Å². The molecule has 0 saturated carbocycles. The Morgan fingerprint density at radius 1 is 1.30 bits per heavy atom. The summed E-state index contributed by atoms with van der Waals surface area (Å²) >= 11 is 1.44. The predicted octanol–water partition coefficient (Wildman–Crippen LogP) is 2.63. The van der Waals surface area contributed by atoms with Crippen molar-refractivity contribution in [3.05, 3.63) is 30.3 Å². The highest BCUT2D eigenvalue weighted by atomic mass is 32.2. The zero-order valence-corrected chi connectivity index (χ0v) is 13.0. The second-order valence-electron chi connectivity index (χ2n) is 4.72. The van der Waals surface area contributed by atoms with Crippen molar-refractivity contribution in [3.63, 3.8) is 0 Å². The molecule has 110 valence electrons. The molecule has 1 aromatic rings. The van der Waals surface area contributed by atoms with Gasteiger partial charge >= 0.3 is 5.97 Å². The summed E-state index contributed by atoms with van der Waals surface area (Å²) in [6, 6.07) is 9.68. The number of amides is 1. The zero-order chi connectivity index (χ0) is 15.0. The Balaban J connectivity index is 2.56. The Bertz CT molecular complexity index is 450. The third kappa shape index (κ3) is 4.89. The van der Waals surface area contributed by atoms with E-state index < -0.39 is 11.5 Å². The number of rotatable bonds is 7. The Kier molecular flexibility index (Phi) is 6.58. The summed E-state index contributed by atoms with van der Waals surface area (Å²) in [7, 11) is 1.33. The maximum absolute atomic E-state index is 12.0. The van der Waals surface area contributed by atoms with Crippen LogP contribution in [0.1, 0.15) is 26.7 Å². The highest BCUT2D eigenvalue weighted by Gasteiger charge is 2.34. The summed E-state index contributed by atoms with van der Waals surface area (Å²) in [5, 5.41) is 2.78. The van der Waals surface area contributed by atoms with Gasteiger partial charge in [0.25, 0.3) is 0 Å². The van der Waals surface area contributed by atoms with Crippen molar-refractivity contribution in [2.45, 2.75) is 37.1 Å². The lowest BCUT2D eigenvalue weighted by Crippen LogP contribution is -2.53. The molecule has 1 unspecified atom stereocenters. The van der Waals surface area contributed by atoms with Gasteiger partial charge in [0.1, 0.15) is 5.54 Å². The van der Waals surface area contributed by atoms with Gasteiger partial charge in [-0.25, -0.2) is 4.79 Å². The molecule has 0 bridgehead atoms. The normalized spacial score (nSPS) is 13.3. The van der Waals surface area contributed by atoms with Crippen LogP contribution in [-0.2, 0) is 14.3 Å². The van der Waals surface area contributed by atoms with Gasteiger partial charge in [-0.2, -0.15) is 0 Å². The van der Waals surface area contributed by atoms with Crippen LogP contribution >= 0.6 is 11.8 Å². The van der Waals surface area contributed by atoms with Crippen molar-refractivity contribution in [3.8, 4) is 0 Å². The minimum Gasteiger partial charge on any atom is -0.467 e. The maximum Gasteiger partial charge on any atom is 0.331 e. The summed E-state index contributed by atoms with van der Waals surface area (Å²) in [4.78, 5) is 24.8. The SMILES string of the molecule is CCCC(C)(NC(=O)CSc1ccccc1)C(=O)OC. The summed E-state index contributed by atoms with van der Waals surface area (Å²) in [6.45, 7) is 3.67. The Labute approximate surface area is 124 Å². The molecule has 1 atom stereocenters. The van der Waals surface area contributed by atoms with Crippen molar-refractivity contribution < 1.29 is 14.3 Å². The Morgan fingerprint density at radius 3 is 2.50 bits per heavy atom. The molecular weight excluding hydrogens is 274 g/mol. The van der Waals surface area contributed by atoms with E-state index in [0.29, 0.717) is 6.42 Å². The van der Waals surface area contributed by atoms with Crippen LogP contribution in [0, 0.1) is 0 Å². The molecule has 0 aliphatic carbocycles. The molecule has 0 aliphatic heterocycles. The van der Waals surface area contributed by atoms with Gasteiger partial charge in [-0.15, -0.1) is 11.8 Å². The van der Waals surface area contributed by atoms with Gasteiger partial charge in [0, 0.05) is 4.90 Å². The van der Waals surface area contributed by atoms with E-state index in [9.17, 15) is 9.59 Å². The second-order valence-corrected chi connectivity index (χ2v) is 5.77. The van der Waals surface area contributed by atoms with Crippen molar-refractivity contribution in [2.75, 3.05) is 12.9 Å². The quantitative estimate of drug-likeness (QED) is 0.620.